The van der Waals surface area contributed by atoms with Gasteiger partial charge in [-0.05, 0) is 51.3 Å². The predicted octanol–water partition coefficient (Wildman–Crippen LogP) is 2.71. The SMILES string of the molecule is C#CC(C)(C)NC(C)CCc1ccc(O)cc1. The van der Waals surface area contributed by atoms with Crippen molar-refractivity contribution < 1.29 is 5.11 Å². The Kier molecular flexibility index (Phi) is 4.60. The molecular formula is C15H21NO. The molecule has 1 unspecified atom stereocenters. The first kappa shape index (κ1) is 13.6. The molecule has 1 aromatic rings. The smallest absolute Gasteiger partial charge is 0.115 e. The van der Waals surface area contributed by atoms with E-state index in [1.54, 1.807) is 12.1 Å². The summed E-state index contributed by atoms with van der Waals surface area (Å²) in [4.78, 5) is 0. The van der Waals surface area contributed by atoms with Crippen LogP contribution >= 0.6 is 0 Å². The van der Waals surface area contributed by atoms with E-state index in [-0.39, 0.29) is 5.54 Å². The Morgan fingerprint density at radius 3 is 2.47 bits per heavy atom. The van der Waals surface area contributed by atoms with Gasteiger partial charge in [0.25, 0.3) is 0 Å². The molecule has 1 aromatic carbocycles. The maximum absolute atomic E-state index is 9.18. The highest BCUT2D eigenvalue weighted by molar-refractivity contribution is 5.25. The zero-order valence-electron chi connectivity index (χ0n) is 10.8. The summed E-state index contributed by atoms with van der Waals surface area (Å²) in [5.41, 5.74) is 0.976. The van der Waals surface area contributed by atoms with E-state index in [1.165, 1.54) is 5.56 Å². The molecule has 0 spiro atoms. The fourth-order valence-corrected chi connectivity index (χ4v) is 1.78. The van der Waals surface area contributed by atoms with Gasteiger partial charge < -0.3 is 5.11 Å². The first-order valence-electron chi connectivity index (χ1n) is 5.96. The van der Waals surface area contributed by atoms with Gasteiger partial charge in [-0.3, -0.25) is 5.32 Å². The molecule has 1 rings (SSSR count). The summed E-state index contributed by atoms with van der Waals surface area (Å²) in [7, 11) is 0. The lowest BCUT2D eigenvalue weighted by Gasteiger charge is -2.25. The van der Waals surface area contributed by atoms with Gasteiger partial charge in [0.05, 0.1) is 5.54 Å². The molecule has 0 aliphatic heterocycles. The highest BCUT2D eigenvalue weighted by Gasteiger charge is 2.16. The Labute approximate surface area is 104 Å². The molecule has 0 aromatic heterocycles. The minimum atomic E-state index is -0.256. The average Bonchev–Trinajstić information content (AvgIpc) is 2.28. The zero-order chi connectivity index (χ0) is 12.9. The molecule has 0 amide bonds. The van der Waals surface area contributed by atoms with Crippen LogP contribution < -0.4 is 5.32 Å². The van der Waals surface area contributed by atoms with Crippen molar-refractivity contribution in [1.82, 2.24) is 5.32 Å². The second-order valence-corrected chi connectivity index (χ2v) is 5.02. The number of aromatic hydroxyl groups is 1. The van der Waals surface area contributed by atoms with Gasteiger partial charge in [0.15, 0.2) is 0 Å². The van der Waals surface area contributed by atoms with Crippen molar-refractivity contribution >= 4 is 0 Å². The van der Waals surface area contributed by atoms with Crippen LogP contribution in [-0.4, -0.2) is 16.7 Å². The Bertz CT molecular complexity index is 386. The Balaban J connectivity index is 2.41. The van der Waals surface area contributed by atoms with Gasteiger partial charge in [0.2, 0.25) is 0 Å². The maximum atomic E-state index is 9.18. The number of terminal acetylenes is 1. The highest BCUT2D eigenvalue weighted by Crippen LogP contribution is 2.12. The highest BCUT2D eigenvalue weighted by atomic mass is 16.3. The predicted molar refractivity (Wildman–Crippen MR) is 71.9 cm³/mol. The van der Waals surface area contributed by atoms with Gasteiger partial charge in [-0.25, -0.2) is 0 Å². The van der Waals surface area contributed by atoms with E-state index in [0.29, 0.717) is 11.8 Å². The number of hydrogen-bond acceptors (Lipinski definition) is 2. The monoisotopic (exact) mass is 231 g/mol. The second-order valence-electron chi connectivity index (χ2n) is 5.02. The van der Waals surface area contributed by atoms with Crippen molar-refractivity contribution in [2.45, 2.75) is 45.2 Å². The lowest BCUT2D eigenvalue weighted by Crippen LogP contribution is -2.43. The average molecular weight is 231 g/mol. The fourth-order valence-electron chi connectivity index (χ4n) is 1.78. The molecule has 2 N–H and O–H groups in total. The molecule has 0 aliphatic carbocycles. The van der Waals surface area contributed by atoms with Crippen LogP contribution in [0.15, 0.2) is 24.3 Å². The van der Waals surface area contributed by atoms with Crippen molar-refractivity contribution in [3.05, 3.63) is 29.8 Å². The van der Waals surface area contributed by atoms with Crippen LogP contribution in [-0.2, 0) is 6.42 Å². The molecule has 0 bridgehead atoms. The summed E-state index contributed by atoms with van der Waals surface area (Å²) in [5, 5.41) is 12.6. The lowest BCUT2D eigenvalue weighted by atomic mass is 10.0. The van der Waals surface area contributed by atoms with E-state index in [1.807, 2.05) is 26.0 Å². The standard InChI is InChI=1S/C15H21NO/c1-5-15(3,4)16-12(2)6-7-13-8-10-14(17)11-9-13/h1,8-12,16-17H,6-7H2,2-4H3. The molecule has 2 heteroatoms. The van der Waals surface area contributed by atoms with Crippen LogP contribution in [0.5, 0.6) is 5.75 Å². The van der Waals surface area contributed by atoms with E-state index >= 15 is 0 Å². The summed E-state index contributed by atoms with van der Waals surface area (Å²) in [6.07, 6.45) is 7.44. The van der Waals surface area contributed by atoms with E-state index in [4.69, 9.17) is 6.42 Å². The lowest BCUT2D eigenvalue weighted by molar-refractivity contribution is 0.406. The fraction of sp³-hybridized carbons (Fsp3) is 0.467. The van der Waals surface area contributed by atoms with E-state index in [2.05, 4.69) is 18.2 Å². The van der Waals surface area contributed by atoms with E-state index < -0.39 is 0 Å². The number of phenols is 1. The third-order valence-corrected chi connectivity index (χ3v) is 2.77. The minimum absolute atomic E-state index is 0.256. The van der Waals surface area contributed by atoms with Gasteiger partial charge in [-0.2, -0.15) is 0 Å². The maximum Gasteiger partial charge on any atom is 0.115 e. The number of rotatable bonds is 5. The summed E-state index contributed by atoms with van der Waals surface area (Å²) in [6, 6.07) is 7.72. The van der Waals surface area contributed by atoms with E-state index in [9.17, 15) is 5.11 Å². The summed E-state index contributed by atoms with van der Waals surface area (Å²) in [6.45, 7) is 6.15. The molecule has 0 radical (unpaired) electrons. The molecule has 2 nitrogen and oxygen atoms in total. The molecule has 1 atom stereocenters. The Hall–Kier alpha value is -1.46. The number of hydrogen-bond donors (Lipinski definition) is 2. The van der Waals surface area contributed by atoms with Crippen LogP contribution in [0.2, 0.25) is 0 Å². The first-order chi connectivity index (χ1) is 7.93. The number of phenolic OH excluding ortho intramolecular Hbond substituents is 1. The molecule has 17 heavy (non-hydrogen) atoms. The van der Waals surface area contributed by atoms with Crippen LogP contribution in [0.4, 0.5) is 0 Å². The van der Waals surface area contributed by atoms with Crippen LogP contribution in [0.3, 0.4) is 0 Å². The molecule has 0 aliphatic rings. The number of nitrogens with one attached hydrogen (secondary N) is 1. The van der Waals surface area contributed by atoms with Gasteiger partial charge in [-0.15, -0.1) is 6.42 Å². The summed E-state index contributed by atoms with van der Waals surface area (Å²) < 4.78 is 0. The first-order valence-corrected chi connectivity index (χ1v) is 5.96. The number of aryl methyl sites for hydroxylation is 1. The normalized spacial score (nSPS) is 13.1. The van der Waals surface area contributed by atoms with Crippen molar-refractivity contribution in [3.8, 4) is 18.1 Å². The van der Waals surface area contributed by atoms with Crippen LogP contribution in [0.25, 0.3) is 0 Å². The summed E-state index contributed by atoms with van der Waals surface area (Å²) >= 11 is 0. The Morgan fingerprint density at radius 2 is 1.94 bits per heavy atom. The number of benzene rings is 1. The van der Waals surface area contributed by atoms with Gasteiger partial charge in [0, 0.05) is 6.04 Å². The zero-order valence-corrected chi connectivity index (χ0v) is 10.8. The van der Waals surface area contributed by atoms with Gasteiger partial charge in [0.1, 0.15) is 5.75 Å². The molecular weight excluding hydrogens is 210 g/mol. The second kappa shape index (κ2) is 5.75. The third-order valence-electron chi connectivity index (χ3n) is 2.77. The van der Waals surface area contributed by atoms with Crippen molar-refractivity contribution in [3.63, 3.8) is 0 Å². The molecule has 0 fully saturated rings. The van der Waals surface area contributed by atoms with Crippen molar-refractivity contribution in [2.24, 2.45) is 0 Å². The largest absolute Gasteiger partial charge is 0.508 e. The topological polar surface area (TPSA) is 32.3 Å². The molecule has 0 saturated carbocycles. The van der Waals surface area contributed by atoms with Crippen LogP contribution in [0, 0.1) is 12.3 Å². The van der Waals surface area contributed by atoms with Crippen molar-refractivity contribution in [1.29, 1.82) is 0 Å². The molecule has 92 valence electrons. The van der Waals surface area contributed by atoms with Crippen molar-refractivity contribution in [2.75, 3.05) is 0 Å². The third kappa shape index (κ3) is 4.93. The van der Waals surface area contributed by atoms with Crippen LogP contribution in [0.1, 0.15) is 32.8 Å². The minimum Gasteiger partial charge on any atom is -0.508 e. The van der Waals surface area contributed by atoms with Gasteiger partial charge in [-0.1, -0.05) is 18.1 Å². The summed E-state index contributed by atoms with van der Waals surface area (Å²) in [5.74, 6) is 3.05. The molecule has 0 heterocycles. The Morgan fingerprint density at radius 1 is 1.35 bits per heavy atom. The quantitative estimate of drug-likeness (QED) is 0.764. The van der Waals surface area contributed by atoms with Gasteiger partial charge >= 0.3 is 0 Å². The molecule has 0 saturated heterocycles. The van der Waals surface area contributed by atoms with E-state index in [0.717, 1.165) is 12.8 Å².